The zero-order valence-electron chi connectivity index (χ0n) is 20.1. The SMILES string of the molecule is CNC(=O)C1CN(S(=O)(=O)c2ccc3cc(Cl)ccc3c2)CCN1C(=O)C1=NC2CCN(C)CC2S1. The lowest BCUT2D eigenvalue weighted by Gasteiger charge is -2.39. The molecule has 192 valence electrons. The number of fused-ring (bicyclic) bond motifs is 2. The lowest BCUT2D eigenvalue weighted by atomic mass is 10.1. The molecule has 0 saturated carbocycles. The first-order valence-electron chi connectivity index (χ1n) is 11.8. The fraction of sp³-hybridized carbons (Fsp3) is 0.458. The Bertz CT molecular complexity index is 1350. The predicted octanol–water partition coefficient (Wildman–Crippen LogP) is 1.66. The van der Waals surface area contributed by atoms with Crippen LogP contribution in [0, 0.1) is 0 Å². The number of benzene rings is 2. The minimum Gasteiger partial charge on any atom is -0.357 e. The molecular formula is C24H28ClN5O4S2. The predicted molar refractivity (Wildman–Crippen MR) is 142 cm³/mol. The van der Waals surface area contributed by atoms with E-state index in [1.807, 2.05) is 0 Å². The number of sulfonamides is 1. The van der Waals surface area contributed by atoms with Gasteiger partial charge in [0.2, 0.25) is 15.9 Å². The van der Waals surface area contributed by atoms with E-state index in [0.717, 1.165) is 30.3 Å². The van der Waals surface area contributed by atoms with Crippen LogP contribution in [0.15, 0.2) is 46.3 Å². The summed E-state index contributed by atoms with van der Waals surface area (Å²) in [6.07, 6.45) is 0.897. The number of piperidine rings is 1. The number of nitrogens with one attached hydrogen (secondary N) is 1. The van der Waals surface area contributed by atoms with Gasteiger partial charge in [-0.3, -0.25) is 14.6 Å². The van der Waals surface area contributed by atoms with Crippen LogP contribution in [0.1, 0.15) is 6.42 Å². The summed E-state index contributed by atoms with van der Waals surface area (Å²) in [6.45, 7) is 1.87. The Morgan fingerprint density at radius 3 is 2.61 bits per heavy atom. The molecule has 0 aromatic heterocycles. The highest BCUT2D eigenvalue weighted by atomic mass is 35.5. The van der Waals surface area contributed by atoms with Gasteiger partial charge in [-0.05, 0) is 55.1 Å². The molecule has 5 rings (SSSR count). The van der Waals surface area contributed by atoms with E-state index in [0.29, 0.717) is 10.1 Å². The second kappa shape index (κ2) is 9.94. The van der Waals surface area contributed by atoms with Crippen molar-refractivity contribution < 1.29 is 18.0 Å². The Morgan fingerprint density at radius 2 is 1.83 bits per heavy atom. The molecule has 3 unspecified atom stereocenters. The van der Waals surface area contributed by atoms with Gasteiger partial charge in [0.25, 0.3) is 5.91 Å². The van der Waals surface area contributed by atoms with Crippen molar-refractivity contribution in [3.8, 4) is 0 Å². The number of piperazine rings is 1. The average molecular weight is 550 g/mol. The number of carbonyl (C=O) groups excluding carboxylic acids is 2. The number of hydrogen-bond acceptors (Lipinski definition) is 7. The van der Waals surface area contributed by atoms with E-state index in [4.69, 9.17) is 11.6 Å². The molecular weight excluding hydrogens is 522 g/mol. The van der Waals surface area contributed by atoms with Crippen LogP contribution in [-0.4, -0.2) is 104 Å². The van der Waals surface area contributed by atoms with Gasteiger partial charge in [-0.25, -0.2) is 8.42 Å². The van der Waals surface area contributed by atoms with E-state index in [2.05, 4.69) is 22.3 Å². The van der Waals surface area contributed by atoms with Gasteiger partial charge in [0.15, 0.2) is 5.04 Å². The Balaban J connectivity index is 1.37. The molecule has 3 aliphatic heterocycles. The number of nitrogens with zero attached hydrogens (tertiary/aromatic N) is 4. The minimum absolute atomic E-state index is 0.0910. The summed E-state index contributed by atoms with van der Waals surface area (Å²) in [5.74, 6) is -0.706. The fourth-order valence-corrected chi connectivity index (χ4v) is 8.03. The van der Waals surface area contributed by atoms with Crippen LogP contribution in [0.2, 0.25) is 5.02 Å². The van der Waals surface area contributed by atoms with Crippen LogP contribution in [0.25, 0.3) is 10.8 Å². The number of aliphatic imine (C=N–C) groups is 1. The Labute approximate surface area is 219 Å². The fourth-order valence-electron chi connectivity index (χ4n) is 4.99. The van der Waals surface area contributed by atoms with E-state index in [1.165, 1.54) is 28.0 Å². The smallest absolute Gasteiger partial charge is 0.279 e. The van der Waals surface area contributed by atoms with Crippen LogP contribution < -0.4 is 5.32 Å². The molecule has 1 N–H and O–H groups in total. The van der Waals surface area contributed by atoms with Gasteiger partial charge >= 0.3 is 0 Å². The van der Waals surface area contributed by atoms with Crippen molar-refractivity contribution in [2.75, 3.05) is 46.8 Å². The zero-order valence-corrected chi connectivity index (χ0v) is 22.4. The second-order valence-corrected chi connectivity index (χ2v) is 13.0. The van der Waals surface area contributed by atoms with Crippen molar-refractivity contribution in [3.05, 3.63) is 41.4 Å². The molecule has 3 aliphatic rings. The molecule has 0 spiro atoms. The van der Waals surface area contributed by atoms with Crippen LogP contribution in [0.3, 0.4) is 0 Å². The summed E-state index contributed by atoms with van der Waals surface area (Å²) >= 11 is 7.52. The molecule has 0 radical (unpaired) electrons. The number of carbonyl (C=O) groups is 2. The monoisotopic (exact) mass is 549 g/mol. The summed E-state index contributed by atoms with van der Waals surface area (Å²) in [4.78, 5) is 34.8. The number of rotatable bonds is 4. The summed E-state index contributed by atoms with van der Waals surface area (Å²) in [7, 11) is -0.345. The third-order valence-corrected chi connectivity index (χ3v) is 10.4. The molecule has 3 atom stereocenters. The zero-order chi connectivity index (χ0) is 25.6. The van der Waals surface area contributed by atoms with E-state index in [-0.39, 0.29) is 41.7 Å². The van der Waals surface area contributed by atoms with Crippen molar-refractivity contribution in [3.63, 3.8) is 0 Å². The van der Waals surface area contributed by atoms with Crippen molar-refractivity contribution in [1.82, 2.24) is 19.4 Å². The summed E-state index contributed by atoms with van der Waals surface area (Å²) in [5.41, 5.74) is 0. The highest BCUT2D eigenvalue weighted by molar-refractivity contribution is 8.16. The van der Waals surface area contributed by atoms with E-state index < -0.39 is 22.0 Å². The van der Waals surface area contributed by atoms with Crippen molar-refractivity contribution >= 4 is 61.0 Å². The summed E-state index contributed by atoms with van der Waals surface area (Å²) in [5, 5.41) is 5.39. The molecule has 0 aliphatic carbocycles. The molecule has 2 saturated heterocycles. The quantitative estimate of drug-likeness (QED) is 0.622. The second-order valence-electron chi connectivity index (χ2n) is 9.35. The number of likely N-dealkylation sites (N-methyl/N-ethyl adjacent to an activating group) is 1. The highest BCUT2D eigenvalue weighted by Gasteiger charge is 2.43. The number of amides is 2. The topological polar surface area (TPSA) is 102 Å². The van der Waals surface area contributed by atoms with Gasteiger partial charge in [0.1, 0.15) is 6.04 Å². The normalized spacial score (nSPS) is 25.5. The number of hydrogen-bond donors (Lipinski definition) is 1. The first kappa shape index (κ1) is 25.5. The maximum atomic E-state index is 13.5. The molecule has 36 heavy (non-hydrogen) atoms. The molecule has 2 fully saturated rings. The minimum atomic E-state index is -3.89. The Hall–Kier alpha value is -2.18. The molecule has 2 aromatic carbocycles. The molecule has 2 amide bonds. The first-order chi connectivity index (χ1) is 17.2. The number of halogens is 1. The van der Waals surface area contributed by atoms with E-state index in [9.17, 15) is 18.0 Å². The van der Waals surface area contributed by atoms with Gasteiger partial charge in [-0.15, -0.1) is 0 Å². The largest absolute Gasteiger partial charge is 0.357 e. The van der Waals surface area contributed by atoms with Gasteiger partial charge in [0, 0.05) is 43.5 Å². The van der Waals surface area contributed by atoms with Crippen LogP contribution in [0.5, 0.6) is 0 Å². The first-order valence-corrected chi connectivity index (χ1v) is 14.5. The summed E-state index contributed by atoms with van der Waals surface area (Å²) in [6, 6.07) is 9.29. The molecule has 12 heteroatoms. The average Bonchev–Trinajstić information content (AvgIpc) is 3.30. The number of likely N-dealkylation sites (tertiary alicyclic amines) is 1. The molecule has 0 bridgehead atoms. The Kier molecular flexibility index (Phi) is 7.03. The van der Waals surface area contributed by atoms with Crippen molar-refractivity contribution in [2.24, 2.45) is 4.99 Å². The van der Waals surface area contributed by atoms with Gasteiger partial charge in [0.05, 0.1) is 10.9 Å². The molecule has 3 heterocycles. The van der Waals surface area contributed by atoms with E-state index in [1.54, 1.807) is 36.4 Å². The third-order valence-electron chi connectivity index (χ3n) is 7.02. The summed E-state index contributed by atoms with van der Waals surface area (Å²) < 4.78 is 28.3. The van der Waals surface area contributed by atoms with E-state index >= 15 is 0 Å². The van der Waals surface area contributed by atoms with Crippen LogP contribution >= 0.6 is 23.4 Å². The molecule has 2 aromatic rings. The van der Waals surface area contributed by atoms with Gasteiger partial charge < -0.3 is 15.1 Å². The van der Waals surface area contributed by atoms with Crippen LogP contribution in [-0.2, 0) is 19.6 Å². The lowest BCUT2D eigenvalue weighted by Crippen LogP contribution is -2.62. The highest BCUT2D eigenvalue weighted by Crippen LogP contribution is 2.34. The molecule has 9 nitrogen and oxygen atoms in total. The van der Waals surface area contributed by atoms with Gasteiger partial charge in [-0.1, -0.05) is 35.5 Å². The third kappa shape index (κ3) is 4.74. The van der Waals surface area contributed by atoms with Crippen molar-refractivity contribution in [1.29, 1.82) is 0 Å². The van der Waals surface area contributed by atoms with Crippen molar-refractivity contribution in [2.45, 2.75) is 28.6 Å². The lowest BCUT2D eigenvalue weighted by molar-refractivity contribution is -0.137. The van der Waals surface area contributed by atoms with Gasteiger partial charge in [-0.2, -0.15) is 4.31 Å². The maximum Gasteiger partial charge on any atom is 0.279 e. The standard InChI is InChI=1S/C24H28ClN5O4S2/c1-26-22(31)20-13-29(36(33,34)18-6-4-15-11-17(25)5-3-16(15)12-18)9-10-30(20)24(32)23-27-19-7-8-28(2)14-21(19)35-23/h3-6,11-12,19-21H,7-10,13-14H2,1-2H3,(H,26,31). The number of thioether (sulfide) groups is 1. The van der Waals surface area contributed by atoms with Crippen LogP contribution in [0.4, 0.5) is 0 Å². The Morgan fingerprint density at radius 1 is 1.08 bits per heavy atom. The maximum absolute atomic E-state index is 13.5.